The first-order valence-corrected chi connectivity index (χ1v) is 6.34. The van der Waals surface area contributed by atoms with Crippen LogP contribution < -0.4 is 10.1 Å². The molecule has 0 aliphatic heterocycles. The van der Waals surface area contributed by atoms with Crippen molar-refractivity contribution in [2.45, 2.75) is 20.0 Å². The van der Waals surface area contributed by atoms with E-state index in [1.54, 1.807) is 19.1 Å². The second-order valence-electron chi connectivity index (χ2n) is 4.58. The smallest absolute Gasteiger partial charge is 0.265 e. The van der Waals surface area contributed by atoms with Crippen LogP contribution in [0, 0.1) is 12.7 Å². The molecule has 0 spiro atoms. The summed E-state index contributed by atoms with van der Waals surface area (Å²) >= 11 is 0. The number of aryl methyl sites for hydroxylation is 1. The zero-order valence-corrected chi connectivity index (χ0v) is 11.4. The van der Waals surface area contributed by atoms with Crippen molar-refractivity contribution in [3.63, 3.8) is 0 Å². The van der Waals surface area contributed by atoms with Gasteiger partial charge in [-0.15, -0.1) is 0 Å². The van der Waals surface area contributed by atoms with Crippen LogP contribution >= 0.6 is 0 Å². The molecule has 4 heteroatoms. The highest BCUT2D eigenvalue weighted by atomic mass is 19.1. The van der Waals surface area contributed by atoms with E-state index in [1.807, 2.05) is 25.1 Å². The van der Waals surface area contributed by atoms with Crippen LogP contribution in [0.4, 0.5) is 10.1 Å². The lowest BCUT2D eigenvalue weighted by molar-refractivity contribution is -0.122. The number of hydrogen-bond donors (Lipinski definition) is 1. The summed E-state index contributed by atoms with van der Waals surface area (Å²) in [4.78, 5) is 12.0. The molecule has 1 amide bonds. The largest absolute Gasteiger partial charge is 0.481 e. The van der Waals surface area contributed by atoms with Gasteiger partial charge < -0.3 is 10.1 Å². The Morgan fingerprint density at radius 1 is 1.20 bits per heavy atom. The number of carbonyl (C=O) groups is 1. The van der Waals surface area contributed by atoms with Crippen molar-refractivity contribution in [1.29, 1.82) is 0 Å². The Morgan fingerprint density at radius 2 is 1.95 bits per heavy atom. The van der Waals surface area contributed by atoms with Gasteiger partial charge >= 0.3 is 0 Å². The van der Waals surface area contributed by atoms with E-state index in [-0.39, 0.29) is 5.91 Å². The minimum absolute atomic E-state index is 0.322. The molecule has 0 fully saturated rings. The predicted molar refractivity (Wildman–Crippen MR) is 76.3 cm³/mol. The number of hydrogen-bond acceptors (Lipinski definition) is 2. The van der Waals surface area contributed by atoms with Crippen LogP contribution in [-0.2, 0) is 4.79 Å². The van der Waals surface area contributed by atoms with Crippen LogP contribution in [-0.4, -0.2) is 12.0 Å². The maximum atomic E-state index is 13.0. The Kier molecular flexibility index (Phi) is 4.35. The van der Waals surface area contributed by atoms with Gasteiger partial charge in [-0.1, -0.05) is 18.2 Å². The third-order valence-electron chi connectivity index (χ3n) is 2.76. The SMILES string of the molecule is Cc1cccc(O[C@H](C)C(=O)Nc2cccc(F)c2)c1. The molecule has 2 rings (SSSR count). The first-order chi connectivity index (χ1) is 9.54. The summed E-state index contributed by atoms with van der Waals surface area (Å²) in [5, 5.41) is 2.61. The van der Waals surface area contributed by atoms with E-state index in [9.17, 15) is 9.18 Å². The van der Waals surface area contributed by atoms with Gasteiger partial charge in [0.25, 0.3) is 5.91 Å². The summed E-state index contributed by atoms with van der Waals surface area (Å²) in [7, 11) is 0. The molecule has 1 N–H and O–H groups in total. The number of ether oxygens (including phenoxy) is 1. The maximum Gasteiger partial charge on any atom is 0.265 e. The zero-order valence-electron chi connectivity index (χ0n) is 11.4. The monoisotopic (exact) mass is 273 g/mol. The van der Waals surface area contributed by atoms with Crippen molar-refractivity contribution in [1.82, 2.24) is 0 Å². The van der Waals surface area contributed by atoms with Crippen molar-refractivity contribution in [2.24, 2.45) is 0 Å². The van der Waals surface area contributed by atoms with E-state index in [0.717, 1.165) is 5.56 Å². The molecule has 20 heavy (non-hydrogen) atoms. The van der Waals surface area contributed by atoms with E-state index in [1.165, 1.54) is 18.2 Å². The fourth-order valence-corrected chi connectivity index (χ4v) is 1.76. The van der Waals surface area contributed by atoms with Gasteiger partial charge in [-0.2, -0.15) is 0 Å². The molecule has 104 valence electrons. The lowest BCUT2D eigenvalue weighted by Crippen LogP contribution is -2.30. The first-order valence-electron chi connectivity index (χ1n) is 6.34. The molecule has 2 aromatic carbocycles. The van der Waals surface area contributed by atoms with Crippen molar-refractivity contribution in [2.75, 3.05) is 5.32 Å². The third-order valence-corrected chi connectivity index (χ3v) is 2.76. The maximum absolute atomic E-state index is 13.0. The Balaban J connectivity index is 1.98. The van der Waals surface area contributed by atoms with E-state index in [2.05, 4.69) is 5.32 Å². The number of benzene rings is 2. The van der Waals surface area contributed by atoms with Gasteiger partial charge in [0.2, 0.25) is 0 Å². The molecule has 0 aliphatic rings. The molecule has 0 heterocycles. The topological polar surface area (TPSA) is 38.3 Å². The number of nitrogens with one attached hydrogen (secondary N) is 1. The molecule has 0 saturated heterocycles. The van der Waals surface area contributed by atoms with Crippen molar-refractivity contribution < 1.29 is 13.9 Å². The minimum Gasteiger partial charge on any atom is -0.481 e. The van der Waals surface area contributed by atoms with Crippen LogP contribution in [0.3, 0.4) is 0 Å². The van der Waals surface area contributed by atoms with Gasteiger partial charge in [0.05, 0.1) is 0 Å². The number of amides is 1. The van der Waals surface area contributed by atoms with Crippen molar-refractivity contribution >= 4 is 11.6 Å². The normalized spacial score (nSPS) is 11.8. The van der Waals surface area contributed by atoms with Gasteiger partial charge in [-0.3, -0.25) is 4.79 Å². The summed E-state index contributed by atoms with van der Waals surface area (Å²) < 4.78 is 18.6. The van der Waals surface area contributed by atoms with E-state index in [0.29, 0.717) is 11.4 Å². The highest BCUT2D eigenvalue weighted by molar-refractivity contribution is 5.94. The van der Waals surface area contributed by atoms with Gasteiger partial charge in [0.1, 0.15) is 11.6 Å². The van der Waals surface area contributed by atoms with E-state index in [4.69, 9.17) is 4.74 Å². The van der Waals surface area contributed by atoms with E-state index >= 15 is 0 Å². The fraction of sp³-hybridized carbons (Fsp3) is 0.188. The standard InChI is InChI=1S/C16H16FNO2/c1-11-5-3-8-15(9-11)20-12(2)16(19)18-14-7-4-6-13(17)10-14/h3-10,12H,1-2H3,(H,18,19)/t12-/m1/s1. The molecule has 2 aromatic rings. The average Bonchev–Trinajstić information content (AvgIpc) is 2.38. The Labute approximate surface area is 117 Å². The van der Waals surface area contributed by atoms with Crippen LogP contribution in [0.1, 0.15) is 12.5 Å². The quantitative estimate of drug-likeness (QED) is 0.925. The summed E-state index contributed by atoms with van der Waals surface area (Å²) in [5.74, 6) is -0.0842. The highest BCUT2D eigenvalue weighted by Gasteiger charge is 2.15. The van der Waals surface area contributed by atoms with Crippen LogP contribution in [0.5, 0.6) is 5.75 Å². The number of rotatable bonds is 4. The summed E-state index contributed by atoms with van der Waals surface area (Å²) in [6.07, 6.45) is -0.667. The number of anilines is 1. The molecule has 1 atom stereocenters. The molecule has 0 saturated carbocycles. The van der Waals surface area contributed by atoms with Crippen LogP contribution in [0.2, 0.25) is 0 Å². The molecular formula is C16H16FNO2. The van der Waals surface area contributed by atoms with Crippen LogP contribution in [0.25, 0.3) is 0 Å². The Morgan fingerprint density at radius 3 is 2.65 bits per heavy atom. The molecule has 3 nitrogen and oxygen atoms in total. The highest BCUT2D eigenvalue weighted by Crippen LogP contribution is 2.15. The molecule has 0 unspecified atom stereocenters. The predicted octanol–water partition coefficient (Wildman–Crippen LogP) is 3.54. The van der Waals surface area contributed by atoms with Gasteiger partial charge in [0, 0.05) is 5.69 Å². The second kappa shape index (κ2) is 6.19. The molecule has 0 aromatic heterocycles. The van der Waals surface area contributed by atoms with Crippen LogP contribution in [0.15, 0.2) is 48.5 Å². The summed E-state index contributed by atoms with van der Waals surface area (Å²) in [6, 6.07) is 13.2. The average molecular weight is 273 g/mol. The lowest BCUT2D eigenvalue weighted by atomic mass is 10.2. The second-order valence-corrected chi connectivity index (χ2v) is 4.58. The fourth-order valence-electron chi connectivity index (χ4n) is 1.76. The van der Waals surface area contributed by atoms with Crippen molar-refractivity contribution in [3.05, 3.63) is 59.9 Å². The zero-order chi connectivity index (χ0) is 14.5. The number of halogens is 1. The first kappa shape index (κ1) is 14.1. The van der Waals surface area contributed by atoms with Crippen molar-refractivity contribution in [3.8, 4) is 5.75 Å². The molecule has 0 aliphatic carbocycles. The minimum atomic E-state index is -0.667. The molecular weight excluding hydrogens is 257 g/mol. The van der Waals surface area contributed by atoms with Gasteiger partial charge in [-0.25, -0.2) is 4.39 Å². The Bertz CT molecular complexity index is 613. The van der Waals surface area contributed by atoms with E-state index < -0.39 is 11.9 Å². The summed E-state index contributed by atoms with van der Waals surface area (Å²) in [6.45, 7) is 3.60. The Hall–Kier alpha value is -2.36. The molecule has 0 bridgehead atoms. The third kappa shape index (κ3) is 3.82. The summed E-state index contributed by atoms with van der Waals surface area (Å²) in [5.41, 5.74) is 1.47. The molecule has 0 radical (unpaired) electrons. The van der Waals surface area contributed by atoms with Gasteiger partial charge in [-0.05, 0) is 49.7 Å². The lowest BCUT2D eigenvalue weighted by Gasteiger charge is -2.15. The number of carbonyl (C=O) groups excluding carboxylic acids is 1. The van der Waals surface area contributed by atoms with Gasteiger partial charge in [0.15, 0.2) is 6.10 Å².